The number of nitrogens with zero attached hydrogens (tertiary/aromatic N) is 4. The molecule has 0 saturated heterocycles. The fourth-order valence-corrected chi connectivity index (χ4v) is 3.33. The van der Waals surface area contributed by atoms with Crippen LogP contribution in [0.2, 0.25) is 0 Å². The first-order valence-electron chi connectivity index (χ1n) is 8.44. The molecule has 1 aliphatic carbocycles. The molecule has 0 amide bonds. The molecule has 1 fully saturated rings. The molecule has 5 rings (SSSR count). The van der Waals surface area contributed by atoms with Crippen LogP contribution in [0.1, 0.15) is 24.5 Å². The summed E-state index contributed by atoms with van der Waals surface area (Å²) in [6, 6.07) is 10.3. The average molecular weight is 343 g/mol. The van der Waals surface area contributed by atoms with Crippen molar-refractivity contribution in [3.63, 3.8) is 0 Å². The van der Waals surface area contributed by atoms with Crippen LogP contribution >= 0.6 is 0 Å². The fraction of sp³-hybridized carbons (Fsp3) is 0.150. The molecule has 0 bridgehead atoms. The highest BCUT2D eigenvalue weighted by Gasteiger charge is 2.31. The van der Waals surface area contributed by atoms with Gasteiger partial charge in [0.15, 0.2) is 0 Å². The molecular weight excluding hydrogens is 329 g/mol. The summed E-state index contributed by atoms with van der Waals surface area (Å²) in [6.45, 7) is 7.32. The van der Waals surface area contributed by atoms with Gasteiger partial charge in [0.1, 0.15) is 11.5 Å². The summed E-state index contributed by atoms with van der Waals surface area (Å²) in [7, 11) is 0. The van der Waals surface area contributed by atoms with Crippen molar-refractivity contribution in [1.29, 1.82) is 0 Å². The molecule has 6 heteroatoms. The number of imidazole rings is 1. The van der Waals surface area contributed by atoms with Crippen molar-refractivity contribution in [2.75, 3.05) is 0 Å². The lowest BCUT2D eigenvalue weighted by atomic mass is 9.98. The Morgan fingerprint density at radius 1 is 1.12 bits per heavy atom. The summed E-state index contributed by atoms with van der Waals surface area (Å²) >= 11 is 0. The number of nitrogens with one attached hydrogen (secondary N) is 1. The van der Waals surface area contributed by atoms with Crippen LogP contribution in [0.5, 0.6) is 0 Å². The number of aromatic amines is 1. The second-order valence-corrected chi connectivity index (χ2v) is 6.52. The maximum atomic E-state index is 13.3. The van der Waals surface area contributed by atoms with E-state index in [1.54, 1.807) is 22.7 Å². The van der Waals surface area contributed by atoms with E-state index in [-0.39, 0.29) is 5.82 Å². The Morgan fingerprint density at radius 3 is 2.62 bits per heavy atom. The van der Waals surface area contributed by atoms with Crippen molar-refractivity contribution in [3.05, 3.63) is 71.7 Å². The van der Waals surface area contributed by atoms with Crippen molar-refractivity contribution < 1.29 is 4.39 Å². The zero-order valence-corrected chi connectivity index (χ0v) is 13.8. The van der Waals surface area contributed by atoms with E-state index in [4.69, 9.17) is 6.57 Å². The molecule has 26 heavy (non-hydrogen) atoms. The van der Waals surface area contributed by atoms with Crippen molar-refractivity contribution in [1.82, 2.24) is 19.6 Å². The number of halogens is 1. The van der Waals surface area contributed by atoms with E-state index in [2.05, 4.69) is 20.0 Å². The zero-order valence-electron chi connectivity index (χ0n) is 13.8. The van der Waals surface area contributed by atoms with Gasteiger partial charge in [-0.25, -0.2) is 13.8 Å². The van der Waals surface area contributed by atoms with Gasteiger partial charge in [-0.05, 0) is 43.2 Å². The number of benzene rings is 1. The van der Waals surface area contributed by atoms with E-state index < -0.39 is 0 Å². The second kappa shape index (κ2) is 5.53. The van der Waals surface area contributed by atoms with Gasteiger partial charge in [-0.15, -0.1) is 0 Å². The standard InChI is InChI=1S/C20H14FN5/c1-22-17-10-23-16-9-6-14(11-26(16)17)18-19(12-2-3-12)24-25-20(18)13-4-7-15(21)8-5-13/h4-12H,2-3H2,(H,24,25). The van der Waals surface area contributed by atoms with Crippen molar-refractivity contribution >= 4 is 11.5 Å². The molecular formula is C20H14FN5. The molecule has 1 aromatic carbocycles. The highest BCUT2D eigenvalue weighted by atomic mass is 19.1. The first-order valence-corrected chi connectivity index (χ1v) is 8.44. The third-order valence-corrected chi connectivity index (χ3v) is 4.79. The van der Waals surface area contributed by atoms with E-state index in [1.807, 2.05) is 18.3 Å². The van der Waals surface area contributed by atoms with E-state index in [0.29, 0.717) is 11.7 Å². The van der Waals surface area contributed by atoms with Crippen molar-refractivity contribution in [3.8, 4) is 22.4 Å². The van der Waals surface area contributed by atoms with Gasteiger partial charge in [-0.1, -0.05) is 6.57 Å². The number of aromatic nitrogens is 4. The molecule has 0 radical (unpaired) electrons. The van der Waals surface area contributed by atoms with Crippen LogP contribution in [0.4, 0.5) is 10.2 Å². The maximum Gasteiger partial charge on any atom is 0.254 e. The third kappa shape index (κ3) is 2.29. The predicted octanol–water partition coefficient (Wildman–Crippen LogP) is 4.96. The Bertz CT molecular complexity index is 1160. The smallest absolute Gasteiger partial charge is 0.254 e. The normalized spacial score (nSPS) is 13.8. The van der Waals surface area contributed by atoms with E-state index >= 15 is 0 Å². The van der Waals surface area contributed by atoms with Crippen LogP contribution in [-0.2, 0) is 0 Å². The third-order valence-electron chi connectivity index (χ3n) is 4.79. The Labute approximate surface area is 149 Å². The monoisotopic (exact) mass is 343 g/mol. The summed E-state index contributed by atoms with van der Waals surface area (Å²) in [5, 5.41) is 7.72. The lowest BCUT2D eigenvalue weighted by Crippen LogP contribution is -1.91. The first kappa shape index (κ1) is 14.8. The first-order chi connectivity index (χ1) is 12.7. The lowest BCUT2D eigenvalue weighted by molar-refractivity contribution is 0.628. The van der Waals surface area contributed by atoms with Gasteiger partial charge in [-0.3, -0.25) is 5.10 Å². The van der Waals surface area contributed by atoms with Crippen LogP contribution < -0.4 is 0 Å². The molecule has 4 aromatic rings. The highest BCUT2D eigenvalue weighted by Crippen LogP contribution is 2.46. The summed E-state index contributed by atoms with van der Waals surface area (Å²) < 4.78 is 15.1. The SMILES string of the molecule is [C-]#[N+]c1cnc2ccc(-c3c(-c4ccc(F)cc4)n[nH]c3C3CC3)cn12. The van der Waals surface area contributed by atoms with E-state index in [9.17, 15) is 4.39 Å². The summed E-state index contributed by atoms with van der Waals surface area (Å²) in [4.78, 5) is 7.78. The topological polar surface area (TPSA) is 50.3 Å². The number of hydrogen-bond acceptors (Lipinski definition) is 2. The minimum atomic E-state index is -0.269. The number of hydrogen-bond donors (Lipinski definition) is 1. The minimum absolute atomic E-state index is 0.269. The number of pyridine rings is 1. The van der Waals surface area contributed by atoms with Gasteiger partial charge in [0.2, 0.25) is 5.65 Å². The molecule has 0 atom stereocenters. The Kier molecular flexibility index (Phi) is 3.16. The molecule has 1 saturated carbocycles. The summed E-state index contributed by atoms with van der Waals surface area (Å²) in [5.74, 6) is 0.682. The van der Waals surface area contributed by atoms with Crippen LogP contribution in [0.25, 0.3) is 32.9 Å². The number of fused-ring (bicyclic) bond motifs is 1. The molecule has 5 nitrogen and oxygen atoms in total. The lowest BCUT2D eigenvalue weighted by Gasteiger charge is -2.06. The Balaban J connectivity index is 1.74. The average Bonchev–Trinajstić information content (AvgIpc) is 3.28. The fourth-order valence-electron chi connectivity index (χ4n) is 3.33. The van der Waals surface area contributed by atoms with Crippen molar-refractivity contribution in [2.24, 2.45) is 0 Å². The van der Waals surface area contributed by atoms with Crippen LogP contribution in [0, 0.1) is 12.4 Å². The van der Waals surface area contributed by atoms with E-state index in [1.165, 1.54) is 12.1 Å². The van der Waals surface area contributed by atoms with Gasteiger partial charge in [0.25, 0.3) is 5.82 Å². The molecule has 3 heterocycles. The van der Waals surface area contributed by atoms with Gasteiger partial charge in [0, 0.05) is 34.4 Å². The van der Waals surface area contributed by atoms with E-state index in [0.717, 1.165) is 46.6 Å². The quantitative estimate of drug-likeness (QED) is 0.535. The number of H-pyrrole nitrogens is 1. The predicted molar refractivity (Wildman–Crippen MR) is 96.4 cm³/mol. The molecule has 0 spiro atoms. The van der Waals surface area contributed by atoms with Crippen LogP contribution in [0.3, 0.4) is 0 Å². The van der Waals surface area contributed by atoms with Gasteiger partial charge < -0.3 is 4.85 Å². The molecule has 0 aliphatic heterocycles. The molecule has 1 aliphatic rings. The zero-order chi connectivity index (χ0) is 17.7. The summed E-state index contributed by atoms with van der Waals surface area (Å²) in [5.41, 5.74) is 5.49. The Morgan fingerprint density at radius 2 is 1.88 bits per heavy atom. The molecule has 3 aromatic heterocycles. The largest absolute Gasteiger partial charge is 0.362 e. The summed E-state index contributed by atoms with van der Waals surface area (Å²) in [6.07, 6.45) is 5.78. The van der Waals surface area contributed by atoms with Gasteiger partial charge in [-0.2, -0.15) is 5.10 Å². The molecule has 126 valence electrons. The minimum Gasteiger partial charge on any atom is -0.362 e. The van der Waals surface area contributed by atoms with Gasteiger partial charge in [0.05, 0.1) is 12.4 Å². The maximum absolute atomic E-state index is 13.3. The molecule has 1 N–H and O–H groups in total. The Hall–Kier alpha value is -3.46. The molecule has 0 unspecified atom stereocenters. The van der Waals surface area contributed by atoms with Crippen LogP contribution in [0.15, 0.2) is 48.8 Å². The van der Waals surface area contributed by atoms with Gasteiger partial charge >= 0.3 is 0 Å². The van der Waals surface area contributed by atoms with Crippen molar-refractivity contribution in [2.45, 2.75) is 18.8 Å². The van der Waals surface area contributed by atoms with Crippen LogP contribution in [-0.4, -0.2) is 19.6 Å². The second-order valence-electron chi connectivity index (χ2n) is 6.52. The number of rotatable bonds is 3. The highest BCUT2D eigenvalue weighted by molar-refractivity contribution is 5.83.